The van der Waals surface area contributed by atoms with Gasteiger partial charge in [0.2, 0.25) is 0 Å². The Morgan fingerprint density at radius 1 is 1.50 bits per heavy atom. The Morgan fingerprint density at radius 3 is 2.50 bits per heavy atom. The molecule has 0 aromatic carbocycles. The van der Waals surface area contributed by atoms with Gasteiger partial charge in [-0.05, 0) is 6.42 Å². The Labute approximate surface area is 46.5 Å². The third-order valence-electron chi connectivity index (χ3n) is 1.62. The predicted molar refractivity (Wildman–Crippen MR) is 23.8 cm³/mol. The van der Waals surface area contributed by atoms with Gasteiger partial charge < -0.3 is 0 Å². The zero-order chi connectivity index (χ0) is 5.61. The molecule has 2 rings (SSSR count). The van der Waals surface area contributed by atoms with Gasteiger partial charge in [-0.25, -0.2) is 0 Å². The molecule has 1 aliphatic heterocycles. The molecular weight excluding hydrogens is 108 g/mol. The highest BCUT2D eigenvalue weighted by Gasteiger charge is 2.58. The number of hydrogen-bond donors (Lipinski definition) is 0. The third kappa shape index (κ3) is 0.381. The minimum atomic E-state index is -0.736. The van der Waals surface area contributed by atoms with E-state index in [1.54, 1.807) is 0 Å². The van der Waals surface area contributed by atoms with Crippen LogP contribution in [-0.2, 0) is 14.6 Å². The summed E-state index contributed by atoms with van der Waals surface area (Å²) >= 11 is 0. The molecule has 2 fully saturated rings. The average Bonchev–Trinajstić information content (AvgIpc) is 2.39. The second kappa shape index (κ2) is 1.11. The number of rotatable bonds is 0. The summed E-state index contributed by atoms with van der Waals surface area (Å²) in [5.74, 6) is -0.627. The van der Waals surface area contributed by atoms with E-state index in [4.69, 9.17) is 0 Å². The predicted octanol–water partition coefficient (Wildman–Crippen LogP) is 0.397. The van der Waals surface area contributed by atoms with Gasteiger partial charge in [0, 0.05) is 12.8 Å². The van der Waals surface area contributed by atoms with Crippen molar-refractivity contribution in [3.63, 3.8) is 0 Å². The van der Waals surface area contributed by atoms with Gasteiger partial charge >= 0.3 is 0 Å². The number of hydrogen-bond acceptors (Lipinski definition) is 3. The van der Waals surface area contributed by atoms with E-state index in [2.05, 4.69) is 9.78 Å². The van der Waals surface area contributed by atoms with Crippen LogP contribution in [0.1, 0.15) is 19.3 Å². The topological polar surface area (TPSA) is 42.1 Å². The fourth-order valence-electron chi connectivity index (χ4n) is 1.04. The first kappa shape index (κ1) is 4.47. The lowest BCUT2D eigenvalue weighted by atomic mass is 10.2. The molecule has 44 valence electrons. The van der Waals surface area contributed by atoms with Crippen LogP contribution >= 0.6 is 0 Å². The van der Waals surface area contributed by atoms with Crippen molar-refractivity contribution in [2.45, 2.75) is 25.0 Å². The fourth-order valence-corrected chi connectivity index (χ4v) is 1.04. The van der Waals surface area contributed by atoms with Gasteiger partial charge in [-0.15, -0.1) is 0 Å². The van der Waals surface area contributed by atoms with E-state index in [0.717, 1.165) is 12.8 Å². The van der Waals surface area contributed by atoms with Crippen LogP contribution in [0, 0.1) is 0 Å². The van der Waals surface area contributed by atoms with Crippen molar-refractivity contribution < 1.29 is 14.6 Å². The monoisotopic (exact) mass is 114 g/mol. The molecule has 3 heteroatoms. The normalized spacial score (nSPS) is 31.8. The first-order chi connectivity index (χ1) is 3.83. The average molecular weight is 114 g/mol. The van der Waals surface area contributed by atoms with Gasteiger partial charge in [-0.3, -0.25) is 4.79 Å². The molecule has 0 unspecified atom stereocenters. The van der Waals surface area contributed by atoms with Crippen LogP contribution < -0.4 is 0 Å². The van der Waals surface area contributed by atoms with Gasteiger partial charge in [0.25, 0.3) is 5.79 Å². The SMILES string of the molecule is O=C1CCCC12OO2. The van der Waals surface area contributed by atoms with Gasteiger partial charge in [0.05, 0.1) is 0 Å². The van der Waals surface area contributed by atoms with Crippen molar-refractivity contribution in [3.8, 4) is 0 Å². The minimum Gasteiger partial charge on any atom is -0.293 e. The summed E-state index contributed by atoms with van der Waals surface area (Å²) < 4.78 is 0. The van der Waals surface area contributed by atoms with Crippen LogP contribution in [0.4, 0.5) is 0 Å². The van der Waals surface area contributed by atoms with Crippen molar-refractivity contribution >= 4 is 5.78 Å². The lowest BCUT2D eigenvalue weighted by Gasteiger charge is -1.85. The van der Waals surface area contributed by atoms with Gasteiger partial charge in [-0.1, -0.05) is 0 Å². The Bertz CT molecular complexity index is 137. The van der Waals surface area contributed by atoms with Crippen LogP contribution in [0.5, 0.6) is 0 Å². The molecule has 0 amide bonds. The molecule has 1 heterocycles. The molecule has 0 bridgehead atoms. The van der Waals surface area contributed by atoms with E-state index in [-0.39, 0.29) is 5.78 Å². The Hall–Kier alpha value is -0.410. The summed E-state index contributed by atoms with van der Waals surface area (Å²) in [6.45, 7) is 0. The number of Topliss-reactive ketones (excluding diaryl/α,β-unsaturated/α-hetero) is 1. The summed E-state index contributed by atoms with van der Waals surface area (Å²) in [5, 5.41) is 0. The first-order valence-corrected chi connectivity index (χ1v) is 2.74. The van der Waals surface area contributed by atoms with Gasteiger partial charge in [-0.2, -0.15) is 9.78 Å². The van der Waals surface area contributed by atoms with E-state index in [9.17, 15) is 4.79 Å². The zero-order valence-corrected chi connectivity index (χ0v) is 4.35. The van der Waals surface area contributed by atoms with Crippen LogP contribution in [0.25, 0.3) is 0 Å². The smallest absolute Gasteiger partial charge is 0.291 e. The summed E-state index contributed by atoms with van der Waals surface area (Å²) in [5.41, 5.74) is 0. The van der Waals surface area contributed by atoms with Crippen molar-refractivity contribution in [3.05, 3.63) is 0 Å². The lowest BCUT2D eigenvalue weighted by molar-refractivity contribution is -0.122. The van der Waals surface area contributed by atoms with E-state index in [1.807, 2.05) is 0 Å². The molecule has 2 aliphatic rings. The summed E-state index contributed by atoms with van der Waals surface area (Å²) in [6, 6.07) is 0. The number of carbonyl (C=O) groups excluding carboxylic acids is 1. The quantitative estimate of drug-likeness (QED) is 0.338. The number of carbonyl (C=O) groups is 1. The molecular formula is C5H6O3. The molecule has 1 saturated heterocycles. The van der Waals surface area contributed by atoms with E-state index >= 15 is 0 Å². The summed E-state index contributed by atoms with van der Waals surface area (Å²) in [7, 11) is 0. The maximum atomic E-state index is 10.7. The lowest BCUT2D eigenvalue weighted by Crippen LogP contribution is -2.14. The van der Waals surface area contributed by atoms with E-state index in [0.29, 0.717) is 6.42 Å². The summed E-state index contributed by atoms with van der Waals surface area (Å²) in [4.78, 5) is 19.7. The van der Waals surface area contributed by atoms with Crippen LogP contribution in [0.3, 0.4) is 0 Å². The van der Waals surface area contributed by atoms with Crippen molar-refractivity contribution in [2.24, 2.45) is 0 Å². The fraction of sp³-hybridized carbons (Fsp3) is 0.800. The highest BCUT2D eigenvalue weighted by Crippen LogP contribution is 2.41. The molecule has 8 heavy (non-hydrogen) atoms. The molecule has 0 radical (unpaired) electrons. The molecule has 1 aliphatic carbocycles. The van der Waals surface area contributed by atoms with E-state index < -0.39 is 5.79 Å². The summed E-state index contributed by atoms with van der Waals surface area (Å²) in [6.07, 6.45) is 2.30. The largest absolute Gasteiger partial charge is 0.293 e. The highest BCUT2D eigenvalue weighted by molar-refractivity contribution is 5.88. The Kier molecular flexibility index (Phi) is 0.623. The van der Waals surface area contributed by atoms with Crippen molar-refractivity contribution in [1.29, 1.82) is 0 Å². The molecule has 1 spiro atoms. The number of ketones is 1. The molecule has 1 saturated carbocycles. The van der Waals surface area contributed by atoms with Crippen LogP contribution in [0.15, 0.2) is 0 Å². The zero-order valence-electron chi connectivity index (χ0n) is 4.35. The standard InChI is InChI=1S/C5H6O3/c6-4-2-1-3-5(4)7-8-5/h1-3H2. The maximum absolute atomic E-state index is 10.7. The van der Waals surface area contributed by atoms with Crippen molar-refractivity contribution in [1.82, 2.24) is 0 Å². The van der Waals surface area contributed by atoms with Crippen molar-refractivity contribution in [2.75, 3.05) is 0 Å². The molecule has 0 aromatic heterocycles. The second-order valence-corrected chi connectivity index (χ2v) is 2.20. The van der Waals surface area contributed by atoms with Gasteiger partial charge in [0.1, 0.15) is 0 Å². The Balaban J connectivity index is 2.23. The molecule has 0 aromatic rings. The first-order valence-electron chi connectivity index (χ1n) is 2.74. The third-order valence-corrected chi connectivity index (χ3v) is 1.62. The van der Waals surface area contributed by atoms with Crippen LogP contribution in [0.2, 0.25) is 0 Å². The van der Waals surface area contributed by atoms with E-state index in [1.165, 1.54) is 0 Å². The van der Waals surface area contributed by atoms with Gasteiger partial charge in [0.15, 0.2) is 5.78 Å². The maximum Gasteiger partial charge on any atom is 0.291 e. The minimum absolute atomic E-state index is 0.109. The second-order valence-electron chi connectivity index (χ2n) is 2.20. The highest BCUT2D eigenvalue weighted by atomic mass is 17.4. The van der Waals surface area contributed by atoms with Crippen LogP contribution in [-0.4, -0.2) is 11.6 Å². The molecule has 3 nitrogen and oxygen atoms in total. The Morgan fingerprint density at radius 2 is 2.25 bits per heavy atom. The molecule has 0 N–H and O–H groups in total. The molecule has 0 atom stereocenters.